The molecule has 0 saturated carbocycles. The van der Waals surface area contributed by atoms with Crippen molar-refractivity contribution in [1.29, 1.82) is 0 Å². The summed E-state index contributed by atoms with van der Waals surface area (Å²) in [6, 6.07) is 11.6. The molecule has 32 heavy (non-hydrogen) atoms. The van der Waals surface area contributed by atoms with Crippen LogP contribution in [0, 0.1) is 6.57 Å². The smallest absolute Gasteiger partial charge is 0.317 e. The normalized spacial score (nSPS) is 15.2. The van der Waals surface area contributed by atoms with Gasteiger partial charge < -0.3 is 15.2 Å². The van der Waals surface area contributed by atoms with Gasteiger partial charge in [0.2, 0.25) is 5.69 Å². The fourth-order valence-electron chi connectivity index (χ4n) is 4.01. The third-order valence-electron chi connectivity index (χ3n) is 5.35. The van der Waals surface area contributed by atoms with Gasteiger partial charge in [0, 0.05) is 17.2 Å². The molecule has 2 N–H and O–H groups in total. The third-order valence-corrected chi connectivity index (χ3v) is 6.36. The molecule has 0 unspecified atom stereocenters. The van der Waals surface area contributed by atoms with Gasteiger partial charge in [-0.2, -0.15) is 0 Å². The Hall–Kier alpha value is -3.28. The summed E-state index contributed by atoms with van der Waals surface area (Å²) < 4.78 is 5.72. The number of aliphatic carboxylic acids is 1. The molecule has 1 aromatic heterocycles. The van der Waals surface area contributed by atoms with Crippen molar-refractivity contribution in [1.82, 2.24) is 15.5 Å². The number of hydrogen-bond acceptors (Lipinski definition) is 6. The zero-order chi connectivity index (χ0) is 22.7. The molecule has 1 heterocycles. The molecule has 0 fully saturated rings. The molecule has 0 spiro atoms. The van der Waals surface area contributed by atoms with Crippen molar-refractivity contribution >= 4 is 23.0 Å². The highest BCUT2D eigenvalue weighted by Crippen LogP contribution is 2.40. The number of carboxylic acid groups (broad SMARTS) is 1. The fourth-order valence-corrected chi connectivity index (χ4v) is 4.90. The molecule has 7 nitrogen and oxygen atoms in total. The number of hydrogen-bond donors (Lipinski definition) is 2. The monoisotopic (exact) mass is 448 g/mol. The molecule has 1 atom stereocenters. The first-order chi connectivity index (χ1) is 15.5. The van der Waals surface area contributed by atoms with E-state index in [4.69, 9.17) is 16.4 Å². The Kier molecular flexibility index (Phi) is 6.49. The Balaban J connectivity index is 1.64. The molecule has 0 saturated heterocycles. The van der Waals surface area contributed by atoms with Gasteiger partial charge in [0.1, 0.15) is 15.8 Å². The number of carboxylic acids is 1. The zero-order valence-corrected chi connectivity index (χ0v) is 18.8. The maximum Gasteiger partial charge on any atom is 0.317 e. The number of nitrogens with one attached hydrogen (secondary N) is 1. The average Bonchev–Trinajstić information content (AvgIpc) is 3.27. The highest BCUT2D eigenvalue weighted by atomic mass is 32.1. The molecular weight excluding hydrogens is 424 g/mol. The lowest BCUT2D eigenvalue weighted by Crippen LogP contribution is -2.30. The number of aromatic nitrogens is 2. The average molecular weight is 449 g/mol. The molecule has 3 aromatic rings. The lowest BCUT2D eigenvalue weighted by molar-refractivity contribution is -0.136. The van der Waals surface area contributed by atoms with Gasteiger partial charge >= 0.3 is 5.97 Å². The van der Waals surface area contributed by atoms with Crippen LogP contribution < -0.4 is 10.1 Å². The van der Waals surface area contributed by atoms with Crippen LogP contribution in [0.5, 0.6) is 5.75 Å². The lowest BCUT2D eigenvalue weighted by Gasteiger charge is -2.27. The summed E-state index contributed by atoms with van der Waals surface area (Å²) in [6.07, 6.45) is 2.82. The second-order valence-corrected chi connectivity index (χ2v) is 8.94. The second-order valence-electron chi connectivity index (χ2n) is 7.97. The number of ether oxygens (including phenoxy) is 1. The predicted octanol–water partition coefficient (Wildman–Crippen LogP) is 5.26. The summed E-state index contributed by atoms with van der Waals surface area (Å²) in [6.45, 7) is 11.3. The maximum atomic E-state index is 11.0. The van der Waals surface area contributed by atoms with E-state index in [0.717, 1.165) is 46.0 Å². The number of carbonyl (C=O) groups is 1. The molecule has 8 heteroatoms. The Bertz CT molecular complexity index is 1180. The summed E-state index contributed by atoms with van der Waals surface area (Å²) in [5, 5.41) is 22.6. The molecule has 2 aromatic carbocycles. The van der Waals surface area contributed by atoms with E-state index in [2.05, 4.69) is 26.4 Å². The first-order valence-corrected chi connectivity index (χ1v) is 11.4. The number of rotatable bonds is 7. The van der Waals surface area contributed by atoms with Crippen molar-refractivity contribution in [2.45, 2.75) is 45.3 Å². The molecule has 0 aliphatic heterocycles. The third kappa shape index (κ3) is 4.64. The van der Waals surface area contributed by atoms with E-state index in [1.807, 2.05) is 38.1 Å². The van der Waals surface area contributed by atoms with Crippen LogP contribution in [0.15, 0.2) is 36.4 Å². The van der Waals surface area contributed by atoms with Crippen molar-refractivity contribution in [2.75, 3.05) is 6.54 Å². The minimum atomic E-state index is -0.856. The largest absolute Gasteiger partial charge is 0.502 e. The SMILES string of the molecule is [C-]#[N+]c1cc(-c2nnc(-c3cccc4c3CCC[C@H]4NCC(=O)O)s2)ccc1OC(C)C. The van der Waals surface area contributed by atoms with E-state index < -0.39 is 5.97 Å². The maximum absolute atomic E-state index is 11.0. The molecule has 0 amide bonds. The highest BCUT2D eigenvalue weighted by molar-refractivity contribution is 7.17. The van der Waals surface area contributed by atoms with Gasteiger partial charge in [-0.1, -0.05) is 35.6 Å². The van der Waals surface area contributed by atoms with E-state index >= 15 is 0 Å². The molecular formula is C24H24N4O3S. The van der Waals surface area contributed by atoms with Crippen molar-refractivity contribution in [3.05, 3.63) is 58.9 Å². The summed E-state index contributed by atoms with van der Waals surface area (Å²) in [5.41, 5.74) is 4.67. The Morgan fingerprint density at radius 3 is 2.88 bits per heavy atom. The van der Waals surface area contributed by atoms with E-state index in [-0.39, 0.29) is 18.7 Å². The molecule has 0 bridgehead atoms. The van der Waals surface area contributed by atoms with Crippen molar-refractivity contribution in [3.63, 3.8) is 0 Å². The molecule has 1 aliphatic carbocycles. The summed E-state index contributed by atoms with van der Waals surface area (Å²) in [4.78, 5) is 14.6. The number of benzene rings is 2. The van der Waals surface area contributed by atoms with Gasteiger partial charge in [0.15, 0.2) is 0 Å². The summed E-state index contributed by atoms with van der Waals surface area (Å²) >= 11 is 1.49. The quantitative estimate of drug-likeness (QED) is 0.479. The standard InChI is InChI=1S/C24H24N4O3S/c1-14(2)31-21-11-10-15(12-20(21)25-3)23-27-28-24(32-23)18-8-4-7-17-16(18)6-5-9-19(17)26-13-22(29)30/h4,7-8,10-12,14,19,26H,5-6,9,13H2,1-2H3,(H,29,30)/t19-/m1/s1. The van der Waals surface area contributed by atoms with Gasteiger partial charge in [-0.3, -0.25) is 4.79 Å². The zero-order valence-electron chi connectivity index (χ0n) is 18.0. The molecule has 1 aliphatic rings. The predicted molar refractivity (Wildman–Crippen MR) is 124 cm³/mol. The van der Waals surface area contributed by atoms with Crippen molar-refractivity contribution in [3.8, 4) is 26.9 Å². The van der Waals surface area contributed by atoms with Crippen LogP contribution >= 0.6 is 11.3 Å². The minimum Gasteiger partial charge on any atom is -0.502 e. The van der Waals surface area contributed by atoms with Crippen LogP contribution in [0.25, 0.3) is 26.0 Å². The van der Waals surface area contributed by atoms with Crippen molar-refractivity contribution in [2.24, 2.45) is 0 Å². The van der Waals surface area contributed by atoms with Gasteiger partial charge in [-0.15, -0.1) is 10.2 Å². The van der Waals surface area contributed by atoms with Gasteiger partial charge in [0.25, 0.3) is 0 Å². The first kappa shape index (κ1) is 21.9. The van der Waals surface area contributed by atoms with Crippen LogP contribution in [0.2, 0.25) is 0 Å². The fraction of sp³-hybridized carbons (Fsp3) is 0.333. The highest BCUT2D eigenvalue weighted by Gasteiger charge is 2.24. The van der Waals surface area contributed by atoms with E-state index in [1.165, 1.54) is 16.9 Å². The van der Waals surface area contributed by atoms with Crippen LogP contribution in [0.3, 0.4) is 0 Å². The topological polar surface area (TPSA) is 88.7 Å². The Morgan fingerprint density at radius 1 is 1.31 bits per heavy atom. The Labute approximate surface area is 190 Å². The van der Waals surface area contributed by atoms with E-state index in [1.54, 1.807) is 6.07 Å². The minimum absolute atomic E-state index is 0.00689. The molecule has 4 rings (SSSR count). The van der Waals surface area contributed by atoms with Gasteiger partial charge in [-0.05, 0) is 56.4 Å². The number of nitrogens with zero attached hydrogens (tertiary/aromatic N) is 3. The van der Waals surface area contributed by atoms with Gasteiger partial charge in [0.05, 0.1) is 19.2 Å². The first-order valence-electron chi connectivity index (χ1n) is 10.6. The van der Waals surface area contributed by atoms with E-state index in [0.29, 0.717) is 11.4 Å². The summed E-state index contributed by atoms with van der Waals surface area (Å²) in [7, 11) is 0. The molecule has 0 radical (unpaired) electrons. The van der Waals surface area contributed by atoms with E-state index in [9.17, 15) is 4.79 Å². The summed E-state index contributed by atoms with van der Waals surface area (Å²) in [5.74, 6) is -0.286. The van der Waals surface area contributed by atoms with Crippen LogP contribution in [0.1, 0.15) is 43.9 Å². The Morgan fingerprint density at radius 2 is 2.12 bits per heavy atom. The van der Waals surface area contributed by atoms with Crippen molar-refractivity contribution < 1.29 is 14.6 Å². The molecule has 164 valence electrons. The van der Waals surface area contributed by atoms with Crippen LogP contribution in [0.4, 0.5) is 5.69 Å². The van der Waals surface area contributed by atoms with Crippen LogP contribution in [-0.4, -0.2) is 33.9 Å². The second kappa shape index (κ2) is 9.47. The van der Waals surface area contributed by atoms with Gasteiger partial charge in [-0.25, -0.2) is 4.85 Å². The number of fused-ring (bicyclic) bond motifs is 1. The van der Waals surface area contributed by atoms with Crippen LogP contribution in [-0.2, 0) is 11.2 Å². The lowest BCUT2D eigenvalue weighted by atomic mass is 9.85.